The van der Waals surface area contributed by atoms with Crippen LogP contribution in [-0.2, 0) is 0 Å². The highest BCUT2D eigenvalue weighted by Crippen LogP contribution is 2.50. The van der Waals surface area contributed by atoms with Crippen molar-refractivity contribution in [2.75, 3.05) is 14.2 Å². The number of aryl methyl sites for hydroxylation is 1. The average Bonchev–Trinajstić information content (AvgIpc) is 3.44. The zero-order valence-electron chi connectivity index (χ0n) is 18.2. The Morgan fingerprint density at radius 3 is 2.64 bits per heavy atom. The maximum Gasteiger partial charge on any atom is 0.340 e. The fraction of sp³-hybridized carbons (Fsp3) is 0.250. The van der Waals surface area contributed by atoms with Gasteiger partial charge in [0.2, 0.25) is 6.23 Å². The highest BCUT2D eigenvalue weighted by molar-refractivity contribution is 9.10. The van der Waals surface area contributed by atoms with E-state index < -0.39 is 12.2 Å². The topological polar surface area (TPSA) is 93.7 Å². The molecule has 2 atom stereocenters. The predicted octanol–water partition coefficient (Wildman–Crippen LogP) is 5.31. The number of fused-ring (bicyclic) bond motifs is 3. The van der Waals surface area contributed by atoms with Crippen LogP contribution in [0.15, 0.2) is 56.5 Å². The van der Waals surface area contributed by atoms with Gasteiger partial charge in [-0.3, -0.25) is 0 Å². The second-order valence-corrected chi connectivity index (χ2v) is 8.70. The molecule has 0 amide bonds. The summed E-state index contributed by atoms with van der Waals surface area (Å²) in [4.78, 5) is 12.3. The normalized spacial score (nSPS) is 18.8. The Bertz CT molecular complexity index is 1280. The number of hydrogen-bond donors (Lipinski definition) is 1. The molecule has 0 radical (unpaired) electrons. The number of aromatic carboxylic acids is 1. The summed E-state index contributed by atoms with van der Waals surface area (Å²) >= 11 is 3.54. The molecule has 0 saturated carbocycles. The Balaban J connectivity index is 1.68. The van der Waals surface area contributed by atoms with E-state index in [2.05, 4.69) is 15.9 Å². The zero-order valence-corrected chi connectivity index (χ0v) is 19.8. The number of ether oxygens (including phenoxy) is 3. The number of carboxylic acid groups (broad SMARTS) is 1. The molecule has 2 aliphatic heterocycles. The Labute approximate surface area is 198 Å². The molecular formula is C24H21BrN2O6. The summed E-state index contributed by atoms with van der Waals surface area (Å²) in [5.41, 5.74) is 2.12. The van der Waals surface area contributed by atoms with E-state index in [1.165, 1.54) is 14.2 Å². The van der Waals surface area contributed by atoms with Crippen LogP contribution >= 0.6 is 15.9 Å². The minimum Gasteiger partial charge on any atom is -0.493 e. The minimum atomic E-state index is -1.15. The van der Waals surface area contributed by atoms with E-state index in [-0.39, 0.29) is 17.4 Å². The molecule has 1 aromatic heterocycles. The van der Waals surface area contributed by atoms with E-state index in [0.717, 1.165) is 21.5 Å². The first-order valence-corrected chi connectivity index (χ1v) is 11.1. The van der Waals surface area contributed by atoms with Crippen LogP contribution in [-0.4, -0.2) is 36.0 Å². The van der Waals surface area contributed by atoms with Crippen molar-refractivity contribution in [1.82, 2.24) is 5.01 Å². The van der Waals surface area contributed by atoms with Crippen LogP contribution in [0.25, 0.3) is 0 Å². The summed E-state index contributed by atoms with van der Waals surface area (Å²) in [6, 6.07) is 12.8. The maximum atomic E-state index is 12.3. The molecule has 0 unspecified atom stereocenters. The number of hydrazone groups is 1. The van der Waals surface area contributed by atoms with Crippen LogP contribution in [0.4, 0.5) is 0 Å². The Hall–Kier alpha value is -3.46. The quantitative estimate of drug-likeness (QED) is 0.495. The molecule has 0 spiro atoms. The SMILES string of the molecule is COc1ccc([C@@H]2Oc3ccc(Br)cc3[C@H]3CC(c4ccc(C)o4)=NN32)c(C(=O)O)c1OC. The van der Waals surface area contributed by atoms with Crippen molar-refractivity contribution < 1.29 is 28.5 Å². The van der Waals surface area contributed by atoms with Gasteiger partial charge < -0.3 is 23.7 Å². The lowest BCUT2D eigenvalue weighted by atomic mass is 9.96. The molecule has 0 saturated heterocycles. The third-order valence-corrected chi connectivity index (χ3v) is 6.33. The predicted molar refractivity (Wildman–Crippen MR) is 123 cm³/mol. The molecule has 2 aliphatic rings. The number of hydrogen-bond acceptors (Lipinski definition) is 7. The van der Waals surface area contributed by atoms with Gasteiger partial charge in [0.1, 0.15) is 28.5 Å². The number of benzene rings is 2. The Morgan fingerprint density at radius 1 is 1.15 bits per heavy atom. The summed E-state index contributed by atoms with van der Waals surface area (Å²) in [5.74, 6) is 1.46. The fourth-order valence-corrected chi connectivity index (χ4v) is 4.75. The van der Waals surface area contributed by atoms with E-state index in [1.807, 2.05) is 37.3 Å². The van der Waals surface area contributed by atoms with Gasteiger partial charge >= 0.3 is 5.97 Å². The van der Waals surface area contributed by atoms with E-state index in [0.29, 0.717) is 29.2 Å². The van der Waals surface area contributed by atoms with Crippen molar-refractivity contribution in [3.05, 3.63) is 75.1 Å². The summed E-state index contributed by atoms with van der Waals surface area (Å²) in [5, 5.41) is 16.7. The molecule has 170 valence electrons. The highest BCUT2D eigenvalue weighted by atomic mass is 79.9. The number of methoxy groups -OCH3 is 2. The van der Waals surface area contributed by atoms with Crippen LogP contribution in [0.2, 0.25) is 0 Å². The average molecular weight is 513 g/mol. The third-order valence-electron chi connectivity index (χ3n) is 5.83. The van der Waals surface area contributed by atoms with Gasteiger partial charge in [-0.1, -0.05) is 15.9 Å². The van der Waals surface area contributed by atoms with Crippen molar-refractivity contribution in [1.29, 1.82) is 0 Å². The van der Waals surface area contributed by atoms with E-state index in [9.17, 15) is 9.90 Å². The van der Waals surface area contributed by atoms with Gasteiger partial charge in [0, 0.05) is 22.0 Å². The van der Waals surface area contributed by atoms with Gasteiger partial charge in [-0.2, -0.15) is 5.10 Å². The van der Waals surface area contributed by atoms with Crippen LogP contribution in [0, 0.1) is 6.92 Å². The fourth-order valence-electron chi connectivity index (χ4n) is 4.37. The lowest BCUT2D eigenvalue weighted by molar-refractivity contribution is -0.0199. The summed E-state index contributed by atoms with van der Waals surface area (Å²) in [7, 11) is 2.88. The molecule has 1 N–H and O–H groups in total. The van der Waals surface area contributed by atoms with Crippen molar-refractivity contribution in [2.45, 2.75) is 25.6 Å². The first-order chi connectivity index (χ1) is 15.9. The standard InChI is InChI=1S/C24H21BrN2O6/c1-12-4-7-19(32-12)16-11-17-15-10-13(25)5-8-18(15)33-23(27(17)26-16)14-6-9-20(30-2)22(31-3)21(14)24(28)29/h4-10,17,23H,11H2,1-3H3,(H,28,29)/t17-,23+/m1/s1. The molecular weight excluding hydrogens is 492 g/mol. The second kappa shape index (κ2) is 8.15. The molecule has 2 aromatic carbocycles. The highest BCUT2D eigenvalue weighted by Gasteiger charge is 2.43. The van der Waals surface area contributed by atoms with Crippen molar-refractivity contribution in [2.24, 2.45) is 5.10 Å². The number of nitrogens with zero attached hydrogens (tertiary/aromatic N) is 2. The summed E-state index contributed by atoms with van der Waals surface area (Å²) in [6.45, 7) is 1.88. The number of rotatable bonds is 5. The van der Waals surface area contributed by atoms with Gasteiger partial charge in [-0.25, -0.2) is 9.80 Å². The molecule has 33 heavy (non-hydrogen) atoms. The van der Waals surface area contributed by atoms with E-state index in [1.54, 1.807) is 17.1 Å². The second-order valence-electron chi connectivity index (χ2n) is 7.78. The molecule has 3 heterocycles. The van der Waals surface area contributed by atoms with Crippen molar-refractivity contribution in [3.63, 3.8) is 0 Å². The first-order valence-electron chi connectivity index (χ1n) is 10.3. The molecule has 0 aliphatic carbocycles. The molecule has 9 heteroatoms. The van der Waals surface area contributed by atoms with Crippen molar-refractivity contribution in [3.8, 4) is 17.2 Å². The monoisotopic (exact) mass is 512 g/mol. The van der Waals surface area contributed by atoms with Crippen LogP contribution in [0.1, 0.15) is 51.7 Å². The van der Waals surface area contributed by atoms with E-state index in [4.69, 9.17) is 23.7 Å². The Morgan fingerprint density at radius 2 is 1.97 bits per heavy atom. The van der Waals surface area contributed by atoms with Gasteiger partial charge in [0.15, 0.2) is 11.5 Å². The van der Waals surface area contributed by atoms with E-state index >= 15 is 0 Å². The lowest BCUT2D eigenvalue weighted by Gasteiger charge is -2.38. The summed E-state index contributed by atoms with van der Waals surface area (Å²) in [6.07, 6.45) is -0.200. The van der Waals surface area contributed by atoms with Gasteiger partial charge in [-0.05, 0) is 49.4 Å². The van der Waals surface area contributed by atoms with Gasteiger partial charge in [0.25, 0.3) is 0 Å². The number of halogens is 1. The lowest BCUT2D eigenvalue weighted by Crippen LogP contribution is -2.34. The molecule has 0 bridgehead atoms. The number of carboxylic acids is 1. The van der Waals surface area contributed by atoms with Gasteiger partial charge in [0.05, 0.1) is 20.3 Å². The largest absolute Gasteiger partial charge is 0.493 e. The molecule has 0 fully saturated rings. The minimum absolute atomic E-state index is 0.0290. The third kappa shape index (κ3) is 3.52. The van der Waals surface area contributed by atoms with Gasteiger partial charge in [-0.15, -0.1) is 0 Å². The smallest absolute Gasteiger partial charge is 0.340 e. The molecule has 3 aromatic rings. The van der Waals surface area contributed by atoms with Crippen LogP contribution in [0.3, 0.4) is 0 Å². The summed E-state index contributed by atoms with van der Waals surface area (Å²) < 4.78 is 23.8. The molecule has 8 nitrogen and oxygen atoms in total. The molecule has 5 rings (SSSR count). The number of carbonyl (C=O) groups is 1. The Kier molecular flexibility index (Phi) is 5.28. The first kappa shape index (κ1) is 21.4. The maximum absolute atomic E-state index is 12.3. The van der Waals surface area contributed by atoms with Crippen LogP contribution < -0.4 is 14.2 Å². The van der Waals surface area contributed by atoms with Crippen LogP contribution in [0.5, 0.6) is 17.2 Å². The van der Waals surface area contributed by atoms with Crippen molar-refractivity contribution >= 4 is 27.6 Å². The zero-order chi connectivity index (χ0) is 23.3. The number of furan rings is 1.